The Morgan fingerprint density at radius 2 is 1.94 bits per heavy atom. The number of hydrogen-bond acceptors (Lipinski definition) is 3. The number of morpholine rings is 1. The summed E-state index contributed by atoms with van der Waals surface area (Å²) in [6, 6.07) is 0.654. The molecule has 0 radical (unpaired) electrons. The Kier molecular flexibility index (Phi) is 6.32. The average molecular weight is 228 g/mol. The lowest BCUT2D eigenvalue weighted by Gasteiger charge is -2.35. The molecule has 3 atom stereocenters. The van der Waals surface area contributed by atoms with Gasteiger partial charge in [-0.25, -0.2) is 0 Å². The van der Waals surface area contributed by atoms with Crippen LogP contribution in [0.5, 0.6) is 0 Å². The van der Waals surface area contributed by atoms with Crippen molar-refractivity contribution in [3.63, 3.8) is 0 Å². The first-order valence-corrected chi connectivity index (χ1v) is 6.73. The van der Waals surface area contributed by atoms with Crippen molar-refractivity contribution in [3.05, 3.63) is 0 Å². The van der Waals surface area contributed by atoms with Crippen LogP contribution in [0.25, 0.3) is 0 Å². The summed E-state index contributed by atoms with van der Waals surface area (Å²) in [5, 5.41) is 3.46. The van der Waals surface area contributed by atoms with E-state index in [1.54, 1.807) is 0 Å². The van der Waals surface area contributed by atoms with Crippen LogP contribution in [0, 0.1) is 0 Å². The molecule has 1 aliphatic heterocycles. The van der Waals surface area contributed by atoms with Crippen LogP contribution in [0.15, 0.2) is 0 Å². The number of nitrogens with zero attached hydrogens (tertiary/aromatic N) is 1. The van der Waals surface area contributed by atoms with Gasteiger partial charge in [0.1, 0.15) is 0 Å². The molecule has 0 aromatic rings. The first-order chi connectivity index (χ1) is 7.61. The molecule has 16 heavy (non-hydrogen) atoms. The van der Waals surface area contributed by atoms with E-state index in [2.05, 4.69) is 37.9 Å². The first kappa shape index (κ1) is 13.9. The highest BCUT2D eigenvalue weighted by molar-refractivity contribution is 4.73. The largest absolute Gasteiger partial charge is 0.373 e. The summed E-state index contributed by atoms with van der Waals surface area (Å²) in [5.41, 5.74) is 0. The zero-order chi connectivity index (χ0) is 12.0. The Labute approximate surface area is 101 Å². The second-order valence-corrected chi connectivity index (χ2v) is 5.12. The zero-order valence-corrected chi connectivity index (χ0v) is 11.3. The first-order valence-electron chi connectivity index (χ1n) is 6.73. The molecule has 1 N–H and O–H groups in total. The molecule has 1 heterocycles. The lowest BCUT2D eigenvalue weighted by Crippen LogP contribution is -2.45. The molecule has 96 valence electrons. The number of hydrogen-bond donors (Lipinski definition) is 1. The van der Waals surface area contributed by atoms with Gasteiger partial charge in [0.25, 0.3) is 0 Å². The Morgan fingerprint density at radius 3 is 2.50 bits per heavy atom. The van der Waals surface area contributed by atoms with Gasteiger partial charge < -0.3 is 10.1 Å². The molecule has 1 fully saturated rings. The highest BCUT2D eigenvalue weighted by Gasteiger charge is 2.21. The van der Waals surface area contributed by atoms with Gasteiger partial charge in [0.15, 0.2) is 0 Å². The molecule has 1 aliphatic rings. The topological polar surface area (TPSA) is 24.5 Å². The summed E-state index contributed by atoms with van der Waals surface area (Å²) < 4.78 is 5.73. The van der Waals surface area contributed by atoms with Crippen molar-refractivity contribution in [2.75, 3.05) is 26.2 Å². The summed E-state index contributed by atoms with van der Waals surface area (Å²) in [6.45, 7) is 13.3. The summed E-state index contributed by atoms with van der Waals surface area (Å²) in [4.78, 5) is 2.54. The quantitative estimate of drug-likeness (QED) is 0.751. The predicted octanol–water partition coefficient (Wildman–Crippen LogP) is 1.87. The van der Waals surface area contributed by atoms with Crippen molar-refractivity contribution in [3.8, 4) is 0 Å². The van der Waals surface area contributed by atoms with Gasteiger partial charge in [0.05, 0.1) is 12.2 Å². The van der Waals surface area contributed by atoms with Gasteiger partial charge in [-0.3, -0.25) is 4.90 Å². The molecular weight excluding hydrogens is 200 g/mol. The van der Waals surface area contributed by atoms with Crippen LogP contribution in [0.3, 0.4) is 0 Å². The predicted molar refractivity (Wildman–Crippen MR) is 68.8 cm³/mol. The molecule has 0 aromatic heterocycles. The van der Waals surface area contributed by atoms with Gasteiger partial charge in [-0.1, -0.05) is 6.92 Å². The van der Waals surface area contributed by atoms with Crippen LogP contribution >= 0.6 is 0 Å². The van der Waals surface area contributed by atoms with Gasteiger partial charge in [0, 0.05) is 19.1 Å². The molecule has 3 heteroatoms. The molecule has 1 rings (SSSR count). The van der Waals surface area contributed by atoms with E-state index in [-0.39, 0.29) is 0 Å². The maximum atomic E-state index is 5.73. The third-order valence-corrected chi connectivity index (χ3v) is 3.16. The van der Waals surface area contributed by atoms with E-state index in [0.717, 1.165) is 19.6 Å². The van der Waals surface area contributed by atoms with E-state index in [1.165, 1.54) is 19.4 Å². The zero-order valence-electron chi connectivity index (χ0n) is 11.3. The minimum atomic E-state index is 0.398. The third-order valence-electron chi connectivity index (χ3n) is 3.16. The Hall–Kier alpha value is -0.120. The molecule has 0 saturated carbocycles. The van der Waals surface area contributed by atoms with Crippen molar-refractivity contribution in [2.45, 2.75) is 58.8 Å². The normalized spacial score (nSPS) is 29.2. The molecule has 0 amide bonds. The molecule has 0 spiro atoms. The molecule has 1 saturated heterocycles. The van der Waals surface area contributed by atoms with Gasteiger partial charge in [-0.05, 0) is 46.7 Å². The average Bonchev–Trinajstić information content (AvgIpc) is 2.16. The van der Waals surface area contributed by atoms with Crippen molar-refractivity contribution in [1.82, 2.24) is 10.2 Å². The smallest absolute Gasteiger partial charge is 0.0678 e. The van der Waals surface area contributed by atoms with Gasteiger partial charge in [-0.2, -0.15) is 0 Å². The van der Waals surface area contributed by atoms with E-state index in [0.29, 0.717) is 18.2 Å². The fourth-order valence-electron chi connectivity index (χ4n) is 2.54. The molecule has 3 nitrogen and oxygen atoms in total. The van der Waals surface area contributed by atoms with Crippen molar-refractivity contribution < 1.29 is 4.74 Å². The number of ether oxygens (including phenoxy) is 1. The van der Waals surface area contributed by atoms with E-state index in [1.807, 2.05) is 0 Å². The van der Waals surface area contributed by atoms with Crippen LogP contribution in [0.2, 0.25) is 0 Å². The Morgan fingerprint density at radius 1 is 1.31 bits per heavy atom. The van der Waals surface area contributed by atoms with E-state index in [4.69, 9.17) is 4.74 Å². The van der Waals surface area contributed by atoms with E-state index >= 15 is 0 Å². The van der Waals surface area contributed by atoms with E-state index < -0.39 is 0 Å². The van der Waals surface area contributed by atoms with Crippen LogP contribution in [0.1, 0.15) is 40.5 Å². The fourth-order valence-corrected chi connectivity index (χ4v) is 2.54. The third kappa shape index (κ3) is 5.28. The fraction of sp³-hybridized carbons (Fsp3) is 1.00. The molecule has 0 aromatic carbocycles. The highest BCUT2D eigenvalue weighted by Crippen LogP contribution is 2.11. The van der Waals surface area contributed by atoms with Crippen LogP contribution < -0.4 is 5.32 Å². The lowest BCUT2D eigenvalue weighted by molar-refractivity contribution is -0.0682. The number of nitrogens with one attached hydrogen (secondary N) is 1. The standard InChI is InChI=1S/C13H28N2O/c1-5-14-11(2)7-6-8-15-9-12(3)16-13(4)10-15/h11-14H,5-10H2,1-4H3/t11?,12-,13+. The van der Waals surface area contributed by atoms with Gasteiger partial charge >= 0.3 is 0 Å². The minimum Gasteiger partial charge on any atom is -0.373 e. The van der Waals surface area contributed by atoms with Crippen molar-refractivity contribution in [1.29, 1.82) is 0 Å². The maximum absolute atomic E-state index is 5.73. The van der Waals surface area contributed by atoms with Crippen molar-refractivity contribution >= 4 is 0 Å². The second kappa shape index (κ2) is 7.25. The summed E-state index contributed by atoms with van der Waals surface area (Å²) in [7, 11) is 0. The lowest BCUT2D eigenvalue weighted by atomic mass is 10.1. The maximum Gasteiger partial charge on any atom is 0.0678 e. The highest BCUT2D eigenvalue weighted by atomic mass is 16.5. The van der Waals surface area contributed by atoms with Crippen LogP contribution in [-0.2, 0) is 4.74 Å². The number of rotatable bonds is 6. The second-order valence-electron chi connectivity index (χ2n) is 5.12. The minimum absolute atomic E-state index is 0.398. The SMILES string of the molecule is CCNC(C)CCCN1C[C@@H](C)O[C@@H](C)C1. The van der Waals surface area contributed by atoms with Gasteiger partial charge in [-0.15, -0.1) is 0 Å². The Balaban J connectivity index is 2.12. The molecule has 1 unspecified atom stereocenters. The summed E-state index contributed by atoms with van der Waals surface area (Å²) >= 11 is 0. The monoisotopic (exact) mass is 228 g/mol. The molecule has 0 aliphatic carbocycles. The summed E-state index contributed by atoms with van der Waals surface area (Å²) in [6.07, 6.45) is 3.35. The van der Waals surface area contributed by atoms with Crippen LogP contribution in [-0.4, -0.2) is 49.3 Å². The van der Waals surface area contributed by atoms with Crippen molar-refractivity contribution in [2.24, 2.45) is 0 Å². The van der Waals surface area contributed by atoms with Crippen LogP contribution in [0.4, 0.5) is 0 Å². The molecule has 0 bridgehead atoms. The Bertz CT molecular complexity index is 177. The van der Waals surface area contributed by atoms with E-state index in [9.17, 15) is 0 Å². The summed E-state index contributed by atoms with van der Waals surface area (Å²) in [5.74, 6) is 0. The molecular formula is C13H28N2O. The van der Waals surface area contributed by atoms with Gasteiger partial charge in [0.2, 0.25) is 0 Å².